The van der Waals surface area contributed by atoms with Crippen LogP contribution in [0.1, 0.15) is 17.5 Å². The second kappa shape index (κ2) is 7.33. The minimum Gasteiger partial charge on any atom is -0.380 e. The molecule has 1 aromatic heterocycles. The Morgan fingerprint density at radius 2 is 2.04 bits per heavy atom. The van der Waals surface area contributed by atoms with E-state index in [1.165, 1.54) is 17.3 Å². The average Bonchev–Trinajstić information content (AvgIpc) is 3.13. The topological polar surface area (TPSA) is 28.6 Å². The van der Waals surface area contributed by atoms with Gasteiger partial charge in [0.15, 0.2) is 0 Å². The molecule has 0 bridgehead atoms. The molecule has 2 saturated heterocycles. The van der Waals surface area contributed by atoms with Crippen molar-refractivity contribution in [3.63, 3.8) is 0 Å². The van der Waals surface area contributed by atoms with Crippen LogP contribution < -0.4 is 4.90 Å². The van der Waals surface area contributed by atoms with Crippen LogP contribution in [0.5, 0.6) is 0 Å². The fourth-order valence-corrected chi connectivity index (χ4v) is 4.27. The molecule has 138 valence electrons. The first-order chi connectivity index (χ1) is 12.7. The number of hydrogen-bond acceptors (Lipinski definition) is 4. The molecule has 4 rings (SSSR count). The van der Waals surface area contributed by atoms with E-state index < -0.39 is 0 Å². The van der Waals surface area contributed by atoms with Crippen molar-refractivity contribution in [3.05, 3.63) is 59.7 Å². The van der Waals surface area contributed by atoms with Crippen molar-refractivity contribution >= 4 is 5.69 Å². The summed E-state index contributed by atoms with van der Waals surface area (Å²) in [5.41, 5.74) is 3.49. The summed E-state index contributed by atoms with van der Waals surface area (Å²) >= 11 is 0. The van der Waals surface area contributed by atoms with E-state index >= 15 is 0 Å². The van der Waals surface area contributed by atoms with Crippen molar-refractivity contribution in [2.24, 2.45) is 0 Å². The first-order valence-electron chi connectivity index (χ1n) is 9.38. The van der Waals surface area contributed by atoms with Crippen LogP contribution in [0.4, 0.5) is 10.1 Å². The summed E-state index contributed by atoms with van der Waals surface area (Å²) < 4.78 is 19.5. The summed E-state index contributed by atoms with van der Waals surface area (Å²) in [4.78, 5) is 9.14. The highest BCUT2D eigenvalue weighted by atomic mass is 19.1. The number of piperazine rings is 1. The molecule has 0 saturated carbocycles. The van der Waals surface area contributed by atoms with Gasteiger partial charge in [-0.05, 0) is 42.7 Å². The summed E-state index contributed by atoms with van der Waals surface area (Å²) in [5, 5.41) is 0. The Morgan fingerprint density at radius 1 is 1.19 bits per heavy atom. The summed E-state index contributed by atoms with van der Waals surface area (Å²) in [7, 11) is 0. The van der Waals surface area contributed by atoms with Crippen molar-refractivity contribution in [1.29, 1.82) is 0 Å². The molecule has 0 spiro atoms. The van der Waals surface area contributed by atoms with Crippen LogP contribution in [0, 0.1) is 12.7 Å². The zero-order valence-corrected chi connectivity index (χ0v) is 15.3. The van der Waals surface area contributed by atoms with Crippen LogP contribution >= 0.6 is 0 Å². The van der Waals surface area contributed by atoms with Crippen LogP contribution in [0.15, 0.2) is 42.7 Å². The fraction of sp³-hybridized carbons (Fsp3) is 0.476. The Morgan fingerprint density at radius 3 is 2.73 bits per heavy atom. The Kier molecular flexibility index (Phi) is 4.92. The van der Waals surface area contributed by atoms with Gasteiger partial charge < -0.3 is 9.64 Å². The van der Waals surface area contributed by atoms with Crippen LogP contribution in [0.2, 0.25) is 0 Å². The third-order valence-electron chi connectivity index (χ3n) is 5.77. The lowest BCUT2D eigenvalue weighted by Gasteiger charge is -2.41. The molecule has 26 heavy (non-hydrogen) atoms. The molecule has 1 aromatic carbocycles. The van der Waals surface area contributed by atoms with Gasteiger partial charge in [-0.3, -0.25) is 9.88 Å². The smallest absolute Gasteiger partial charge is 0.123 e. The summed E-state index contributed by atoms with van der Waals surface area (Å²) in [6.07, 6.45) is 4.75. The van der Waals surface area contributed by atoms with Crippen molar-refractivity contribution in [1.82, 2.24) is 9.88 Å². The Balaban J connectivity index is 1.45. The molecule has 0 radical (unpaired) electrons. The molecule has 2 aromatic rings. The third-order valence-corrected chi connectivity index (χ3v) is 5.77. The van der Waals surface area contributed by atoms with E-state index in [0.717, 1.165) is 51.3 Å². The number of halogens is 1. The summed E-state index contributed by atoms with van der Waals surface area (Å²) in [5.74, 6) is -0.160. The number of anilines is 1. The van der Waals surface area contributed by atoms with Gasteiger partial charge in [-0.25, -0.2) is 4.39 Å². The van der Waals surface area contributed by atoms with Crippen molar-refractivity contribution < 1.29 is 9.13 Å². The lowest BCUT2D eigenvalue weighted by molar-refractivity contribution is 0.147. The van der Waals surface area contributed by atoms with E-state index in [9.17, 15) is 4.39 Å². The summed E-state index contributed by atoms with van der Waals surface area (Å²) in [6.45, 7) is 8.52. The van der Waals surface area contributed by atoms with E-state index in [1.54, 1.807) is 6.07 Å². The Labute approximate surface area is 154 Å². The van der Waals surface area contributed by atoms with E-state index in [1.807, 2.05) is 24.5 Å². The van der Waals surface area contributed by atoms with E-state index in [2.05, 4.69) is 27.8 Å². The zero-order chi connectivity index (χ0) is 18.0. The Bertz CT molecular complexity index is 752. The second-order valence-corrected chi connectivity index (χ2v) is 7.52. The molecule has 0 amide bonds. The largest absolute Gasteiger partial charge is 0.380 e. The number of ether oxygens (including phenoxy) is 1. The molecule has 0 aliphatic carbocycles. The maximum absolute atomic E-state index is 13.8. The highest BCUT2D eigenvalue weighted by Gasteiger charge is 2.39. The molecule has 1 atom stereocenters. The van der Waals surface area contributed by atoms with Gasteiger partial charge in [0.25, 0.3) is 0 Å². The van der Waals surface area contributed by atoms with Gasteiger partial charge in [0.1, 0.15) is 5.82 Å². The van der Waals surface area contributed by atoms with E-state index in [0.29, 0.717) is 6.61 Å². The van der Waals surface area contributed by atoms with Crippen LogP contribution in [-0.4, -0.2) is 55.8 Å². The molecule has 3 heterocycles. The van der Waals surface area contributed by atoms with Gasteiger partial charge in [-0.1, -0.05) is 12.1 Å². The zero-order valence-electron chi connectivity index (χ0n) is 15.3. The number of nitrogens with zero attached hydrogens (tertiary/aromatic N) is 3. The minimum absolute atomic E-state index is 0.0865. The SMILES string of the molecule is Cc1cnccc1N1CCN(C[C@]2(c3cccc(F)c3)CCOC2)CC1. The van der Waals surface area contributed by atoms with Crippen LogP contribution in [-0.2, 0) is 10.2 Å². The molecular weight excluding hydrogens is 329 g/mol. The van der Waals surface area contributed by atoms with Gasteiger partial charge in [0.05, 0.1) is 6.61 Å². The number of rotatable bonds is 4. The van der Waals surface area contributed by atoms with Gasteiger partial charge in [-0.15, -0.1) is 0 Å². The first-order valence-corrected chi connectivity index (χ1v) is 9.38. The lowest BCUT2D eigenvalue weighted by Crippen LogP contribution is -2.51. The number of hydrogen-bond donors (Lipinski definition) is 0. The first kappa shape index (κ1) is 17.4. The lowest BCUT2D eigenvalue weighted by atomic mass is 9.79. The maximum atomic E-state index is 13.8. The molecular formula is C21H26FN3O. The third kappa shape index (κ3) is 3.46. The highest BCUT2D eigenvalue weighted by molar-refractivity contribution is 5.51. The maximum Gasteiger partial charge on any atom is 0.123 e. The molecule has 2 aliphatic rings. The van der Waals surface area contributed by atoms with E-state index in [4.69, 9.17) is 4.74 Å². The van der Waals surface area contributed by atoms with Crippen molar-refractivity contribution in [3.8, 4) is 0 Å². The van der Waals surface area contributed by atoms with Gasteiger partial charge in [0, 0.05) is 62.8 Å². The van der Waals surface area contributed by atoms with Gasteiger partial charge >= 0.3 is 0 Å². The van der Waals surface area contributed by atoms with Gasteiger partial charge in [-0.2, -0.15) is 0 Å². The summed E-state index contributed by atoms with van der Waals surface area (Å²) in [6, 6.07) is 9.17. The minimum atomic E-state index is -0.160. The van der Waals surface area contributed by atoms with E-state index in [-0.39, 0.29) is 11.2 Å². The number of benzene rings is 1. The van der Waals surface area contributed by atoms with Crippen LogP contribution in [0.3, 0.4) is 0 Å². The average molecular weight is 355 g/mol. The van der Waals surface area contributed by atoms with Crippen molar-refractivity contribution in [2.45, 2.75) is 18.8 Å². The highest BCUT2D eigenvalue weighted by Crippen LogP contribution is 2.35. The normalized spacial score (nSPS) is 24.2. The fourth-order valence-electron chi connectivity index (χ4n) is 4.27. The Hall–Kier alpha value is -1.98. The molecule has 0 N–H and O–H groups in total. The molecule has 2 fully saturated rings. The standard InChI is InChI=1S/C21H26FN3O/c1-17-14-23-7-5-20(17)25-10-8-24(9-11-25)15-21(6-12-26-16-21)18-3-2-4-19(22)13-18/h2-5,7,13-14H,6,8-12,15-16H2,1H3/t21-/m1/s1. The van der Waals surface area contributed by atoms with Gasteiger partial charge in [0.2, 0.25) is 0 Å². The predicted octanol–water partition coefficient (Wildman–Crippen LogP) is 3.01. The second-order valence-electron chi connectivity index (χ2n) is 7.52. The molecule has 2 aliphatic heterocycles. The number of aryl methyl sites for hydroxylation is 1. The number of pyridine rings is 1. The van der Waals surface area contributed by atoms with Crippen LogP contribution in [0.25, 0.3) is 0 Å². The molecule has 4 nitrogen and oxygen atoms in total. The quantitative estimate of drug-likeness (QED) is 0.843. The van der Waals surface area contributed by atoms with Crippen molar-refractivity contribution in [2.75, 3.05) is 50.8 Å². The molecule has 0 unspecified atom stereocenters. The predicted molar refractivity (Wildman–Crippen MR) is 101 cm³/mol. The molecule has 5 heteroatoms. The number of aromatic nitrogens is 1. The monoisotopic (exact) mass is 355 g/mol.